The Balaban J connectivity index is 1.47. The highest BCUT2D eigenvalue weighted by Crippen LogP contribution is 2.19. The molecule has 2 aromatic rings. The van der Waals surface area contributed by atoms with Gasteiger partial charge in [-0.25, -0.2) is 9.78 Å². The molecule has 3 rings (SSSR count). The van der Waals surface area contributed by atoms with E-state index in [2.05, 4.69) is 29.5 Å². The van der Waals surface area contributed by atoms with Gasteiger partial charge in [-0.05, 0) is 43.0 Å². The van der Waals surface area contributed by atoms with Crippen LogP contribution in [0.3, 0.4) is 0 Å². The molecule has 0 spiro atoms. The number of aryl methyl sites for hydroxylation is 1. The van der Waals surface area contributed by atoms with Gasteiger partial charge in [-0.3, -0.25) is 4.79 Å². The van der Waals surface area contributed by atoms with E-state index in [-0.39, 0.29) is 11.9 Å². The number of carbonyl (C=O) groups is 2. The van der Waals surface area contributed by atoms with Crippen molar-refractivity contribution in [2.45, 2.75) is 39.7 Å². The Bertz CT molecular complexity index is 799. The standard InChI is InChI=1S/C21H29N5O2/c1-3-19-22-10-13-25(19)14-11-23-21(28)24-18-8-6-17(7-9-18)20(27)26-12-4-5-16(2)15-26/h6-10,13,16H,3-5,11-12,14-15H2,1-2H3,(H2,23,24,28)/t16-/m1/s1. The van der Waals surface area contributed by atoms with Crippen molar-refractivity contribution in [1.82, 2.24) is 19.8 Å². The molecule has 7 nitrogen and oxygen atoms in total. The van der Waals surface area contributed by atoms with E-state index in [4.69, 9.17) is 0 Å². The van der Waals surface area contributed by atoms with Crippen LogP contribution in [0.1, 0.15) is 42.9 Å². The van der Waals surface area contributed by atoms with E-state index in [1.165, 1.54) is 6.42 Å². The van der Waals surface area contributed by atoms with Crippen LogP contribution in [0.4, 0.5) is 10.5 Å². The van der Waals surface area contributed by atoms with Crippen LogP contribution < -0.4 is 10.6 Å². The lowest BCUT2D eigenvalue weighted by atomic mass is 9.99. The van der Waals surface area contributed by atoms with Crippen LogP contribution in [-0.4, -0.2) is 46.0 Å². The first-order valence-electron chi connectivity index (χ1n) is 10.0. The average Bonchev–Trinajstić information content (AvgIpc) is 3.15. The number of hydrogen-bond acceptors (Lipinski definition) is 3. The SMILES string of the molecule is CCc1nccn1CCNC(=O)Nc1ccc(C(=O)N2CCC[C@@H](C)C2)cc1. The first-order chi connectivity index (χ1) is 13.6. The van der Waals surface area contributed by atoms with Gasteiger partial charge >= 0.3 is 6.03 Å². The van der Waals surface area contributed by atoms with Crippen LogP contribution in [0.15, 0.2) is 36.7 Å². The lowest BCUT2D eigenvalue weighted by molar-refractivity contribution is 0.0683. The minimum atomic E-state index is -0.262. The molecule has 0 saturated carbocycles. The van der Waals surface area contributed by atoms with E-state index in [9.17, 15) is 9.59 Å². The fraction of sp³-hybridized carbons (Fsp3) is 0.476. The summed E-state index contributed by atoms with van der Waals surface area (Å²) in [5, 5.41) is 5.64. The predicted molar refractivity (Wildman–Crippen MR) is 109 cm³/mol. The molecule has 3 amide bonds. The first kappa shape index (κ1) is 19.9. The summed E-state index contributed by atoms with van der Waals surface area (Å²) in [6, 6.07) is 6.82. The van der Waals surface area contributed by atoms with Gasteiger partial charge in [0.25, 0.3) is 5.91 Å². The summed E-state index contributed by atoms with van der Waals surface area (Å²) in [6.07, 6.45) is 6.79. The van der Waals surface area contributed by atoms with E-state index in [1.54, 1.807) is 30.5 Å². The van der Waals surface area contributed by atoms with Crippen LogP contribution in [0, 0.1) is 5.92 Å². The summed E-state index contributed by atoms with van der Waals surface area (Å²) >= 11 is 0. The highest BCUT2D eigenvalue weighted by Gasteiger charge is 2.21. The van der Waals surface area contributed by atoms with Gasteiger partial charge in [-0.2, -0.15) is 0 Å². The number of piperidine rings is 1. The zero-order valence-electron chi connectivity index (χ0n) is 16.6. The van der Waals surface area contributed by atoms with Crippen molar-refractivity contribution in [1.29, 1.82) is 0 Å². The summed E-state index contributed by atoms with van der Waals surface area (Å²) in [5.41, 5.74) is 1.32. The van der Waals surface area contributed by atoms with Crippen molar-refractivity contribution < 1.29 is 9.59 Å². The molecule has 1 aliphatic rings. The fourth-order valence-electron chi connectivity index (χ4n) is 3.58. The van der Waals surface area contributed by atoms with Crippen molar-refractivity contribution in [3.05, 3.63) is 48.0 Å². The molecule has 1 saturated heterocycles. The first-order valence-corrected chi connectivity index (χ1v) is 10.0. The Morgan fingerprint density at radius 2 is 2.04 bits per heavy atom. The Hall–Kier alpha value is -2.83. The van der Waals surface area contributed by atoms with Crippen molar-refractivity contribution in [3.8, 4) is 0 Å². The largest absolute Gasteiger partial charge is 0.338 e. The number of urea groups is 1. The molecule has 1 aromatic carbocycles. The number of likely N-dealkylation sites (tertiary alicyclic amines) is 1. The third-order valence-corrected chi connectivity index (χ3v) is 5.09. The molecule has 2 N–H and O–H groups in total. The zero-order valence-corrected chi connectivity index (χ0v) is 16.6. The number of benzene rings is 1. The van der Waals surface area contributed by atoms with Crippen LogP contribution in [0.5, 0.6) is 0 Å². The number of aromatic nitrogens is 2. The van der Waals surface area contributed by atoms with E-state index in [0.29, 0.717) is 30.3 Å². The molecule has 28 heavy (non-hydrogen) atoms. The Kier molecular flexibility index (Phi) is 6.68. The minimum Gasteiger partial charge on any atom is -0.338 e. The molecule has 0 radical (unpaired) electrons. The van der Waals surface area contributed by atoms with Gasteiger partial charge in [-0.15, -0.1) is 0 Å². The van der Waals surface area contributed by atoms with Gasteiger partial charge in [0.15, 0.2) is 0 Å². The highest BCUT2D eigenvalue weighted by atomic mass is 16.2. The Morgan fingerprint density at radius 1 is 1.25 bits per heavy atom. The fourth-order valence-corrected chi connectivity index (χ4v) is 3.58. The molecular weight excluding hydrogens is 354 g/mol. The lowest BCUT2D eigenvalue weighted by Crippen LogP contribution is -2.39. The van der Waals surface area contributed by atoms with Crippen LogP contribution >= 0.6 is 0 Å². The molecule has 1 fully saturated rings. The number of imidazole rings is 1. The Labute approximate surface area is 166 Å². The second kappa shape index (κ2) is 9.39. The monoisotopic (exact) mass is 383 g/mol. The van der Waals surface area contributed by atoms with Crippen LogP contribution in [-0.2, 0) is 13.0 Å². The van der Waals surface area contributed by atoms with Crippen molar-refractivity contribution in [2.75, 3.05) is 25.0 Å². The highest BCUT2D eigenvalue weighted by molar-refractivity contribution is 5.95. The van der Waals surface area contributed by atoms with E-state index in [1.807, 2.05) is 15.7 Å². The molecule has 150 valence electrons. The normalized spacial score (nSPS) is 16.6. The topological polar surface area (TPSA) is 79.3 Å². The van der Waals surface area contributed by atoms with Gasteiger partial charge in [0.1, 0.15) is 5.82 Å². The van der Waals surface area contributed by atoms with E-state index >= 15 is 0 Å². The maximum absolute atomic E-state index is 12.6. The number of anilines is 1. The summed E-state index contributed by atoms with van der Waals surface area (Å²) < 4.78 is 2.03. The molecule has 0 bridgehead atoms. The second-order valence-electron chi connectivity index (χ2n) is 7.35. The summed E-state index contributed by atoms with van der Waals surface area (Å²) in [4.78, 5) is 30.9. The smallest absolute Gasteiger partial charge is 0.319 e. The molecule has 1 atom stereocenters. The number of nitrogens with one attached hydrogen (secondary N) is 2. The molecule has 0 aliphatic carbocycles. The number of rotatable bonds is 6. The van der Waals surface area contributed by atoms with Crippen molar-refractivity contribution in [3.63, 3.8) is 0 Å². The van der Waals surface area contributed by atoms with Gasteiger partial charge in [-0.1, -0.05) is 13.8 Å². The van der Waals surface area contributed by atoms with E-state index in [0.717, 1.165) is 31.8 Å². The van der Waals surface area contributed by atoms with Gasteiger partial charge in [0, 0.05) is 56.2 Å². The van der Waals surface area contributed by atoms with Crippen LogP contribution in [0.2, 0.25) is 0 Å². The number of amides is 3. The Morgan fingerprint density at radius 3 is 2.75 bits per heavy atom. The van der Waals surface area contributed by atoms with Crippen LogP contribution in [0.25, 0.3) is 0 Å². The van der Waals surface area contributed by atoms with Gasteiger partial charge in [0.2, 0.25) is 0 Å². The maximum Gasteiger partial charge on any atom is 0.319 e. The predicted octanol–water partition coefficient (Wildman–Crippen LogP) is 3.14. The third-order valence-electron chi connectivity index (χ3n) is 5.09. The minimum absolute atomic E-state index is 0.0645. The molecule has 2 heterocycles. The number of carbonyl (C=O) groups excluding carboxylic acids is 2. The molecule has 1 aliphatic heterocycles. The molecular formula is C21H29N5O2. The number of hydrogen-bond donors (Lipinski definition) is 2. The molecule has 7 heteroatoms. The quantitative estimate of drug-likeness (QED) is 0.804. The summed E-state index contributed by atoms with van der Waals surface area (Å²) in [7, 11) is 0. The zero-order chi connectivity index (χ0) is 19.9. The molecule has 0 unspecified atom stereocenters. The average molecular weight is 383 g/mol. The maximum atomic E-state index is 12.6. The summed E-state index contributed by atoms with van der Waals surface area (Å²) in [5.74, 6) is 1.62. The van der Waals surface area contributed by atoms with E-state index < -0.39 is 0 Å². The van der Waals surface area contributed by atoms with Gasteiger partial charge < -0.3 is 20.1 Å². The van der Waals surface area contributed by atoms with Gasteiger partial charge in [0.05, 0.1) is 0 Å². The van der Waals surface area contributed by atoms with Crippen molar-refractivity contribution >= 4 is 17.6 Å². The number of nitrogens with zero attached hydrogens (tertiary/aromatic N) is 3. The molecule has 1 aromatic heterocycles. The lowest BCUT2D eigenvalue weighted by Gasteiger charge is -2.31. The van der Waals surface area contributed by atoms with Crippen molar-refractivity contribution in [2.24, 2.45) is 5.92 Å². The summed E-state index contributed by atoms with van der Waals surface area (Å²) in [6.45, 7) is 7.07. The third kappa shape index (κ3) is 5.12. The second-order valence-corrected chi connectivity index (χ2v) is 7.35.